The molecule has 0 aliphatic carbocycles. The van der Waals surface area contributed by atoms with Crippen LogP contribution in [0.3, 0.4) is 0 Å². The number of furan rings is 1. The Morgan fingerprint density at radius 3 is 2.71 bits per heavy atom. The zero-order valence-corrected chi connectivity index (χ0v) is 13.4. The maximum Gasteiger partial charge on any atom is 0.322 e. The second-order valence-corrected chi connectivity index (χ2v) is 6.10. The number of carbonyl (C=O) groups excluding carboxylic acids is 1. The Labute approximate surface area is 141 Å². The molecular weight excluding hydrogens is 334 g/mol. The predicted molar refractivity (Wildman–Crippen MR) is 87.7 cm³/mol. The number of benzene rings is 1. The SMILES string of the molecule is O=C(Nc1ccc(F)cc1F)N(Cc1ccco1)Cc1cccs1. The molecule has 2 aromatic heterocycles. The van der Waals surface area contributed by atoms with Crippen molar-refractivity contribution < 1.29 is 18.0 Å². The molecule has 2 heterocycles. The second kappa shape index (κ2) is 7.27. The summed E-state index contributed by atoms with van der Waals surface area (Å²) >= 11 is 1.52. The van der Waals surface area contributed by atoms with Gasteiger partial charge in [0.15, 0.2) is 0 Å². The van der Waals surface area contributed by atoms with Crippen LogP contribution in [0, 0.1) is 11.6 Å². The molecule has 3 rings (SSSR count). The van der Waals surface area contributed by atoms with Crippen molar-refractivity contribution in [3.8, 4) is 0 Å². The van der Waals surface area contributed by atoms with Gasteiger partial charge >= 0.3 is 6.03 Å². The Kier molecular flexibility index (Phi) is 4.90. The maximum absolute atomic E-state index is 13.7. The van der Waals surface area contributed by atoms with Gasteiger partial charge in [0.05, 0.1) is 25.0 Å². The minimum absolute atomic E-state index is 0.0722. The number of rotatable bonds is 5. The van der Waals surface area contributed by atoms with E-state index in [4.69, 9.17) is 4.42 Å². The van der Waals surface area contributed by atoms with Gasteiger partial charge in [-0.15, -0.1) is 11.3 Å². The van der Waals surface area contributed by atoms with Gasteiger partial charge in [0.25, 0.3) is 0 Å². The smallest absolute Gasteiger partial charge is 0.322 e. The van der Waals surface area contributed by atoms with Gasteiger partial charge in [-0.05, 0) is 35.7 Å². The number of urea groups is 1. The molecule has 1 aromatic carbocycles. The number of carbonyl (C=O) groups is 1. The molecule has 0 fully saturated rings. The van der Waals surface area contributed by atoms with Crippen molar-refractivity contribution in [3.63, 3.8) is 0 Å². The molecule has 0 radical (unpaired) electrons. The minimum Gasteiger partial charge on any atom is -0.467 e. The third-order valence-electron chi connectivity index (χ3n) is 3.31. The zero-order chi connectivity index (χ0) is 16.9. The van der Waals surface area contributed by atoms with Crippen molar-refractivity contribution in [1.82, 2.24) is 4.90 Å². The van der Waals surface area contributed by atoms with Crippen LogP contribution >= 0.6 is 11.3 Å². The van der Waals surface area contributed by atoms with E-state index in [1.807, 2.05) is 17.5 Å². The van der Waals surface area contributed by atoms with E-state index >= 15 is 0 Å². The van der Waals surface area contributed by atoms with Crippen LogP contribution in [-0.4, -0.2) is 10.9 Å². The average molecular weight is 348 g/mol. The van der Waals surface area contributed by atoms with E-state index in [-0.39, 0.29) is 12.2 Å². The molecule has 1 N–H and O–H groups in total. The number of halogens is 2. The van der Waals surface area contributed by atoms with Crippen LogP contribution < -0.4 is 5.32 Å². The van der Waals surface area contributed by atoms with Crippen molar-refractivity contribution in [3.05, 3.63) is 76.4 Å². The van der Waals surface area contributed by atoms with Gasteiger partial charge < -0.3 is 14.6 Å². The topological polar surface area (TPSA) is 45.5 Å². The van der Waals surface area contributed by atoms with E-state index in [0.717, 1.165) is 17.0 Å². The van der Waals surface area contributed by atoms with Crippen molar-refractivity contribution in [2.45, 2.75) is 13.1 Å². The van der Waals surface area contributed by atoms with Gasteiger partial charge in [0.1, 0.15) is 17.4 Å². The molecule has 124 valence electrons. The van der Waals surface area contributed by atoms with Crippen LogP contribution in [0.15, 0.2) is 58.5 Å². The van der Waals surface area contributed by atoms with Crippen LogP contribution in [0.4, 0.5) is 19.3 Å². The van der Waals surface area contributed by atoms with Gasteiger partial charge in [-0.3, -0.25) is 0 Å². The van der Waals surface area contributed by atoms with Crippen LogP contribution in [0.1, 0.15) is 10.6 Å². The molecule has 0 atom stereocenters. The number of hydrogen-bond donors (Lipinski definition) is 1. The Balaban J connectivity index is 1.76. The fraction of sp³-hybridized carbons (Fsp3) is 0.118. The summed E-state index contributed by atoms with van der Waals surface area (Å²) in [5.41, 5.74) is -0.0722. The van der Waals surface area contributed by atoms with E-state index in [9.17, 15) is 13.6 Å². The highest BCUT2D eigenvalue weighted by Crippen LogP contribution is 2.19. The molecule has 2 amide bonds. The van der Waals surface area contributed by atoms with Gasteiger partial charge in [-0.2, -0.15) is 0 Å². The summed E-state index contributed by atoms with van der Waals surface area (Å²) in [5.74, 6) is -0.907. The van der Waals surface area contributed by atoms with E-state index < -0.39 is 17.7 Å². The monoisotopic (exact) mass is 348 g/mol. The summed E-state index contributed by atoms with van der Waals surface area (Å²) < 4.78 is 32.0. The first-order valence-electron chi connectivity index (χ1n) is 7.17. The van der Waals surface area contributed by atoms with E-state index in [2.05, 4.69) is 5.32 Å². The van der Waals surface area contributed by atoms with E-state index in [1.165, 1.54) is 28.6 Å². The van der Waals surface area contributed by atoms with Gasteiger partial charge in [-0.25, -0.2) is 13.6 Å². The molecule has 4 nitrogen and oxygen atoms in total. The molecule has 24 heavy (non-hydrogen) atoms. The second-order valence-electron chi connectivity index (χ2n) is 5.07. The lowest BCUT2D eigenvalue weighted by Gasteiger charge is -2.21. The lowest BCUT2D eigenvalue weighted by atomic mass is 10.3. The number of nitrogens with zero attached hydrogens (tertiary/aromatic N) is 1. The lowest BCUT2D eigenvalue weighted by molar-refractivity contribution is 0.201. The zero-order valence-electron chi connectivity index (χ0n) is 12.5. The van der Waals surface area contributed by atoms with Gasteiger partial charge in [0.2, 0.25) is 0 Å². The summed E-state index contributed by atoms with van der Waals surface area (Å²) in [6, 6.07) is 9.81. The third-order valence-corrected chi connectivity index (χ3v) is 4.17. The molecule has 0 aliphatic rings. The van der Waals surface area contributed by atoms with E-state index in [0.29, 0.717) is 12.3 Å². The standard InChI is InChI=1S/C17H14F2N2O2S/c18-12-5-6-16(15(19)9-12)20-17(22)21(10-13-3-1-7-23-13)11-14-4-2-8-24-14/h1-9H,10-11H2,(H,20,22). The first kappa shape index (κ1) is 16.2. The summed E-state index contributed by atoms with van der Waals surface area (Å²) in [5, 5.41) is 4.39. The Bertz CT molecular complexity index is 768. The fourth-order valence-electron chi connectivity index (χ4n) is 2.17. The van der Waals surface area contributed by atoms with Crippen molar-refractivity contribution >= 4 is 23.1 Å². The van der Waals surface area contributed by atoms with Crippen LogP contribution in [-0.2, 0) is 13.1 Å². The predicted octanol–water partition coefficient (Wildman–Crippen LogP) is 4.85. The number of thiophene rings is 1. The molecule has 0 spiro atoms. The molecule has 0 aliphatic heterocycles. The van der Waals surface area contributed by atoms with E-state index in [1.54, 1.807) is 12.1 Å². The molecule has 3 aromatic rings. The van der Waals surface area contributed by atoms with Crippen LogP contribution in [0.2, 0.25) is 0 Å². The highest BCUT2D eigenvalue weighted by atomic mass is 32.1. The number of anilines is 1. The molecule has 0 unspecified atom stereocenters. The lowest BCUT2D eigenvalue weighted by Crippen LogP contribution is -2.34. The number of nitrogens with one attached hydrogen (secondary N) is 1. The summed E-state index contributed by atoms with van der Waals surface area (Å²) in [4.78, 5) is 15.0. The fourth-order valence-corrected chi connectivity index (χ4v) is 2.89. The molecule has 0 saturated carbocycles. The maximum atomic E-state index is 13.7. The van der Waals surface area contributed by atoms with Crippen molar-refractivity contribution in [2.75, 3.05) is 5.32 Å². The molecule has 0 bridgehead atoms. The third kappa shape index (κ3) is 3.99. The van der Waals surface area contributed by atoms with Crippen molar-refractivity contribution in [2.24, 2.45) is 0 Å². The van der Waals surface area contributed by atoms with Crippen LogP contribution in [0.5, 0.6) is 0 Å². The summed E-state index contributed by atoms with van der Waals surface area (Å²) in [6.45, 7) is 0.590. The molecule has 7 heteroatoms. The number of hydrogen-bond acceptors (Lipinski definition) is 3. The Hall–Kier alpha value is -2.67. The Morgan fingerprint density at radius 2 is 2.04 bits per heavy atom. The minimum atomic E-state index is -0.822. The van der Waals surface area contributed by atoms with Gasteiger partial charge in [0, 0.05) is 10.9 Å². The van der Waals surface area contributed by atoms with Crippen molar-refractivity contribution in [1.29, 1.82) is 0 Å². The highest BCUT2D eigenvalue weighted by molar-refractivity contribution is 7.09. The number of amides is 2. The summed E-state index contributed by atoms with van der Waals surface area (Å²) in [6.07, 6.45) is 1.52. The average Bonchev–Trinajstić information content (AvgIpc) is 3.23. The summed E-state index contributed by atoms with van der Waals surface area (Å²) in [7, 11) is 0. The first-order valence-corrected chi connectivity index (χ1v) is 8.05. The highest BCUT2D eigenvalue weighted by Gasteiger charge is 2.18. The Morgan fingerprint density at radius 1 is 1.17 bits per heavy atom. The van der Waals surface area contributed by atoms with Gasteiger partial charge in [-0.1, -0.05) is 6.07 Å². The van der Waals surface area contributed by atoms with Crippen LogP contribution in [0.25, 0.3) is 0 Å². The molecule has 0 saturated heterocycles. The first-order chi connectivity index (χ1) is 11.6. The quantitative estimate of drug-likeness (QED) is 0.716. The normalized spacial score (nSPS) is 10.6. The largest absolute Gasteiger partial charge is 0.467 e. The molecular formula is C17H14F2N2O2S.